The lowest BCUT2D eigenvalue weighted by molar-refractivity contribution is 0.407. The molecule has 1 heterocycles. The number of aromatic nitrogens is 1. The average Bonchev–Trinajstić information content (AvgIpc) is 2.80. The van der Waals surface area contributed by atoms with Gasteiger partial charge in [-0.1, -0.05) is 38.9 Å². The maximum absolute atomic E-state index is 5.95. The lowest BCUT2D eigenvalue weighted by atomic mass is 9.94. The van der Waals surface area contributed by atoms with E-state index >= 15 is 0 Å². The van der Waals surface area contributed by atoms with Crippen LogP contribution in [0, 0.1) is 0 Å². The number of hydrogen-bond donors (Lipinski definition) is 1. The largest absolute Gasteiger partial charge is 0.496 e. The second-order valence-corrected chi connectivity index (χ2v) is 5.57. The molecule has 0 unspecified atom stereocenters. The topological polar surface area (TPSA) is 61.3 Å². The number of methoxy groups -OCH3 is 1. The van der Waals surface area contributed by atoms with Crippen molar-refractivity contribution in [3.05, 3.63) is 29.5 Å². The highest BCUT2D eigenvalue weighted by molar-refractivity contribution is 5.76. The van der Waals surface area contributed by atoms with Crippen LogP contribution in [0.2, 0.25) is 0 Å². The van der Waals surface area contributed by atoms with E-state index in [9.17, 15) is 0 Å². The molecule has 2 N–H and O–H groups in total. The summed E-state index contributed by atoms with van der Waals surface area (Å²) >= 11 is 0. The van der Waals surface area contributed by atoms with E-state index < -0.39 is 0 Å². The zero-order chi connectivity index (χ0) is 14.9. The number of benzene rings is 1. The van der Waals surface area contributed by atoms with Gasteiger partial charge in [-0.05, 0) is 35.1 Å². The quantitative estimate of drug-likeness (QED) is 0.908. The van der Waals surface area contributed by atoms with Crippen molar-refractivity contribution < 1.29 is 9.26 Å². The third-order valence-corrected chi connectivity index (χ3v) is 3.43. The molecule has 108 valence electrons. The number of ether oxygens (including phenoxy) is 1. The predicted octanol–water partition coefficient (Wildman–Crippen LogP) is 4.18. The minimum Gasteiger partial charge on any atom is -0.496 e. The van der Waals surface area contributed by atoms with Gasteiger partial charge in [-0.15, -0.1) is 0 Å². The van der Waals surface area contributed by atoms with Gasteiger partial charge < -0.3 is 15.0 Å². The summed E-state index contributed by atoms with van der Waals surface area (Å²) < 4.78 is 10.6. The van der Waals surface area contributed by atoms with E-state index in [1.54, 1.807) is 7.11 Å². The molecule has 2 rings (SSSR count). The minimum absolute atomic E-state index is 0.260. The normalized spacial score (nSPS) is 11.3. The Kier molecular flexibility index (Phi) is 4.02. The molecule has 0 saturated heterocycles. The van der Waals surface area contributed by atoms with Crippen LogP contribution in [0.4, 0.5) is 5.88 Å². The standard InChI is InChI=1S/C16H22N2O2/c1-9(2)12-8-11(6-7-13(12)19-5)14-15(10(3)4)18-20-16(14)17/h6-10H,17H2,1-5H3. The van der Waals surface area contributed by atoms with Crippen molar-refractivity contribution in [2.45, 2.75) is 39.5 Å². The fourth-order valence-electron chi connectivity index (χ4n) is 2.34. The smallest absolute Gasteiger partial charge is 0.230 e. The Morgan fingerprint density at radius 3 is 2.40 bits per heavy atom. The minimum atomic E-state index is 0.260. The van der Waals surface area contributed by atoms with E-state index in [1.165, 1.54) is 0 Å². The van der Waals surface area contributed by atoms with Crippen molar-refractivity contribution in [2.75, 3.05) is 12.8 Å². The average molecular weight is 274 g/mol. The number of hydrogen-bond acceptors (Lipinski definition) is 4. The van der Waals surface area contributed by atoms with E-state index in [0.29, 0.717) is 11.8 Å². The van der Waals surface area contributed by atoms with Gasteiger partial charge in [-0.2, -0.15) is 0 Å². The molecule has 0 aliphatic rings. The van der Waals surface area contributed by atoms with Gasteiger partial charge in [-0.25, -0.2) is 0 Å². The Morgan fingerprint density at radius 2 is 1.85 bits per heavy atom. The molecule has 0 saturated carbocycles. The fourth-order valence-corrected chi connectivity index (χ4v) is 2.34. The van der Waals surface area contributed by atoms with Gasteiger partial charge in [0.15, 0.2) is 0 Å². The van der Waals surface area contributed by atoms with Crippen LogP contribution in [0.15, 0.2) is 22.7 Å². The molecule has 0 bridgehead atoms. The van der Waals surface area contributed by atoms with Crippen LogP contribution in [-0.2, 0) is 0 Å². The molecule has 0 radical (unpaired) electrons. The molecule has 4 heteroatoms. The van der Waals surface area contributed by atoms with Crippen molar-refractivity contribution in [2.24, 2.45) is 0 Å². The van der Waals surface area contributed by atoms with E-state index in [-0.39, 0.29) is 5.92 Å². The summed E-state index contributed by atoms with van der Waals surface area (Å²) in [6, 6.07) is 6.08. The van der Waals surface area contributed by atoms with Crippen LogP contribution in [0.1, 0.15) is 50.8 Å². The van der Waals surface area contributed by atoms with Crippen molar-refractivity contribution in [1.82, 2.24) is 5.16 Å². The van der Waals surface area contributed by atoms with Crippen molar-refractivity contribution in [3.8, 4) is 16.9 Å². The maximum atomic E-state index is 5.95. The van der Waals surface area contributed by atoms with E-state index in [2.05, 4.69) is 38.9 Å². The first kappa shape index (κ1) is 14.4. The summed E-state index contributed by atoms with van der Waals surface area (Å²) in [6.45, 7) is 8.44. The van der Waals surface area contributed by atoms with Crippen molar-refractivity contribution in [3.63, 3.8) is 0 Å². The number of nitrogens with zero attached hydrogens (tertiary/aromatic N) is 1. The Morgan fingerprint density at radius 1 is 1.15 bits per heavy atom. The third kappa shape index (κ3) is 2.50. The van der Waals surface area contributed by atoms with Gasteiger partial charge in [0.1, 0.15) is 5.75 Å². The molecule has 0 fully saturated rings. The maximum Gasteiger partial charge on any atom is 0.230 e. The number of nitrogen functional groups attached to an aromatic ring is 1. The SMILES string of the molecule is COc1ccc(-c2c(C(C)C)noc2N)cc1C(C)C. The van der Waals surface area contributed by atoms with Crippen LogP contribution < -0.4 is 10.5 Å². The molecular weight excluding hydrogens is 252 g/mol. The van der Waals surface area contributed by atoms with Gasteiger partial charge in [-0.3, -0.25) is 0 Å². The van der Waals surface area contributed by atoms with Crippen LogP contribution >= 0.6 is 0 Å². The first-order valence-corrected chi connectivity index (χ1v) is 6.89. The highest BCUT2D eigenvalue weighted by Gasteiger charge is 2.20. The number of rotatable bonds is 4. The first-order valence-electron chi connectivity index (χ1n) is 6.89. The molecule has 0 aliphatic heterocycles. The molecule has 0 aliphatic carbocycles. The number of nitrogens with two attached hydrogens (primary N) is 1. The van der Waals surface area contributed by atoms with Gasteiger partial charge in [0.25, 0.3) is 0 Å². The van der Waals surface area contributed by atoms with Gasteiger partial charge in [0, 0.05) is 0 Å². The van der Waals surface area contributed by atoms with E-state index in [0.717, 1.165) is 28.1 Å². The molecule has 20 heavy (non-hydrogen) atoms. The van der Waals surface area contributed by atoms with E-state index in [4.69, 9.17) is 15.0 Å². The molecule has 4 nitrogen and oxygen atoms in total. The van der Waals surface area contributed by atoms with Crippen LogP contribution in [-0.4, -0.2) is 12.3 Å². The summed E-state index contributed by atoms with van der Waals surface area (Å²) in [6.07, 6.45) is 0. The molecule has 0 amide bonds. The predicted molar refractivity (Wildman–Crippen MR) is 81.1 cm³/mol. The highest BCUT2D eigenvalue weighted by Crippen LogP contribution is 2.37. The lowest BCUT2D eigenvalue weighted by Crippen LogP contribution is -1.97. The van der Waals surface area contributed by atoms with Crippen LogP contribution in [0.5, 0.6) is 5.75 Å². The summed E-state index contributed by atoms with van der Waals surface area (Å²) in [4.78, 5) is 0. The molecular formula is C16H22N2O2. The van der Waals surface area contributed by atoms with E-state index in [1.807, 2.05) is 12.1 Å². The monoisotopic (exact) mass is 274 g/mol. The summed E-state index contributed by atoms with van der Waals surface area (Å²) in [5.74, 6) is 1.89. The number of anilines is 1. The van der Waals surface area contributed by atoms with Gasteiger partial charge in [0.2, 0.25) is 5.88 Å². The lowest BCUT2D eigenvalue weighted by Gasteiger charge is -2.14. The van der Waals surface area contributed by atoms with Crippen LogP contribution in [0.25, 0.3) is 11.1 Å². The Hall–Kier alpha value is -1.97. The molecule has 0 spiro atoms. The fraction of sp³-hybridized carbons (Fsp3) is 0.438. The Balaban J connectivity index is 2.59. The molecule has 1 aromatic carbocycles. The second-order valence-electron chi connectivity index (χ2n) is 5.57. The second kappa shape index (κ2) is 5.57. The first-order chi connectivity index (χ1) is 9.45. The zero-order valence-corrected chi connectivity index (χ0v) is 12.7. The van der Waals surface area contributed by atoms with Crippen molar-refractivity contribution in [1.29, 1.82) is 0 Å². The molecule has 0 atom stereocenters. The summed E-state index contributed by atoms with van der Waals surface area (Å²) in [5, 5.41) is 4.08. The van der Waals surface area contributed by atoms with Crippen molar-refractivity contribution >= 4 is 5.88 Å². The van der Waals surface area contributed by atoms with Gasteiger partial charge >= 0.3 is 0 Å². The molecule has 1 aromatic heterocycles. The Bertz CT molecular complexity index is 601. The van der Waals surface area contributed by atoms with Gasteiger partial charge in [0.05, 0.1) is 18.4 Å². The summed E-state index contributed by atoms with van der Waals surface area (Å²) in [5.41, 5.74) is 9.91. The third-order valence-electron chi connectivity index (χ3n) is 3.43. The Labute approximate surface area is 119 Å². The van der Waals surface area contributed by atoms with Crippen LogP contribution in [0.3, 0.4) is 0 Å². The molecule has 2 aromatic rings. The highest BCUT2D eigenvalue weighted by atomic mass is 16.5. The zero-order valence-electron chi connectivity index (χ0n) is 12.7. The summed E-state index contributed by atoms with van der Waals surface area (Å²) in [7, 11) is 1.69.